The number of carbonyl (C=O) groups is 1. The van der Waals surface area contributed by atoms with Crippen LogP contribution in [0.3, 0.4) is 0 Å². The van der Waals surface area contributed by atoms with E-state index in [-0.39, 0.29) is 28.5 Å². The van der Waals surface area contributed by atoms with Crippen molar-refractivity contribution in [1.29, 1.82) is 0 Å². The molecule has 6 heteroatoms. The van der Waals surface area contributed by atoms with Gasteiger partial charge in [0, 0.05) is 6.07 Å². The maximum atomic E-state index is 12.4. The Balaban J connectivity index is 1.86. The fourth-order valence-electron chi connectivity index (χ4n) is 2.30. The Labute approximate surface area is 155 Å². The number of allylic oxidation sites excluding steroid dienone is 1. The van der Waals surface area contributed by atoms with Crippen LogP contribution < -0.4 is 0 Å². The molecule has 3 aromatic carbocycles. The number of aromatic hydroxyl groups is 3. The van der Waals surface area contributed by atoms with Gasteiger partial charge in [-0.05, 0) is 42.0 Å². The lowest BCUT2D eigenvalue weighted by atomic mass is 10.1. The monoisotopic (exact) mass is 360 g/mol. The summed E-state index contributed by atoms with van der Waals surface area (Å²) in [5.41, 5.74) is 1.34. The predicted molar refractivity (Wildman–Crippen MR) is 102 cm³/mol. The van der Waals surface area contributed by atoms with Gasteiger partial charge in [0.05, 0.1) is 11.3 Å². The normalized spacial score (nSPS) is 11.3. The molecule has 6 nitrogen and oxygen atoms in total. The van der Waals surface area contributed by atoms with E-state index in [1.165, 1.54) is 24.3 Å². The molecule has 0 unspecified atom stereocenters. The van der Waals surface area contributed by atoms with E-state index >= 15 is 0 Å². The van der Waals surface area contributed by atoms with Gasteiger partial charge in [-0.15, -0.1) is 5.11 Å². The molecular weight excluding hydrogens is 344 g/mol. The molecule has 0 atom stereocenters. The summed E-state index contributed by atoms with van der Waals surface area (Å²) in [4.78, 5) is 12.4. The Morgan fingerprint density at radius 1 is 0.815 bits per heavy atom. The van der Waals surface area contributed by atoms with Crippen LogP contribution in [0.15, 0.2) is 83.0 Å². The molecule has 0 bridgehead atoms. The first kappa shape index (κ1) is 17.9. The van der Waals surface area contributed by atoms with Crippen molar-refractivity contribution in [2.75, 3.05) is 0 Å². The van der Waals surface area contributed by atoms with Crippen molar-refractivity contribution in [3.8, 4) is 17.2 Å². The zero-order valence-corrected chi connectivity index (χ0v) is 14.1. The average molecular weight is 360 g/mol. The molecule has 3 aromatic rings. The smallest absolute Gasteiger partial charge is 0.189 e. The van der Waals surface area contributed by atoms with E-state index in [0.717, 1.165) is 11.6 Å². The molecular formula is C21H16N2O4. The lowest BCUT2D eigenvalue weighted by molar-refractivity contribution is 0.104. The van der Waals surface area contributed by atoms with E-state index in [9.17, 15) is 20.1 Å². The van der Waals surface area contributed by atoms with Gasteiger partial charge in [-0.2, -0.15) is 5.11 Å². The lowest BCUT2D eigenvalue weighted by Gasteiger charge is -2.04. The highest BCUT2D eigenvalue weighted by atomic mass is 16.3. The topological polar surface area (TPSA) is 102 Å². The molecule has 3 N–H and O–H groups in total. The highest BCUT2D eigenvalue weighted by Gasteiger charge is 2.13. The molecule has 3 rings (SSSR count). The molecule has 0 saturated carbocycles. The largest absolute Gasteiger partial charge is 0.508 e. The van der Waals surface area contributed by atoms with Gasteiger partial charge >= 0.3 is 0 Å². The van der Waals surface area contributed by atoms with E-state index < -0.39 is 5.78 Å². The number of carbonyl (C=O) groups excluding carboxylic acids is 1. The van der Waals surface area contributed by atoms with Crippen molar-refractivity contribution in [2.45, 2.75) is 0 Å². The summed E-state index contributed by atoms with van der Waals surface area (Å²) in [5.74, 6) is -0.991. The van der Waals surface area contributed by atoms with Crippen LogP contribution in [0.2, 0.25) is 0 Å². The number of hydrogen-bond donors (Lipinski definition) is 3. The van der Waals surface area contributed by atoms with Gasteiger partial charge in [0.2, 0.25) is 0 Å². The molecule has 0 amide bonds. The van der Waals surface area contributed by atoms with Crippen LogP contribution in [-0.4, -0.2) is 21.1 Å². The minimum absolute atomic E-state index is 0.000336. The molecule has 0 fully saturated rings. The number of hydrogen-bond acceptors (Lipinski definition) is 6. The van der Waals surface area contributed by atoms with E-state index in [4.69, 9.17) is 0 Å². The van der Waals surface area contributed by atoms with E-state index in [1.54, 1.807) is 18.2 Å². The summed E-state index contributed by atoms with van der Waals surface area (Å²) < 4.78 is 0. The Morgan fingerprint density at radius 2 is 1.52 bits per heavy atom. The van der Waals surface area contributed by atoms with Crippen LogP contribution in [0.1, 0.15) is 15.9 Å². The SMILES string of the molecule is O=C(/C=C/c1ccccc1)c1cc(N=Nc2ccc(O)cc2)c(O)cc1O. The third-order valence-corrected chi connectivity index (χ3v) is 3.71. The Hall–Kier alpha value is -3.93. The molecule has 134 valence electrons. The van der Waals surface area contributed by atoms with Crippen LogP contribution in [0.5, 0.6) is 17.2 Å². The van der Waals surface area contributed by atoms with Crippen LogP contribution in [0, 0.1) is 0 Å². The summed E-state index contributed by atoms with van der Waals surface area (Å²) in [6.45, 7) is 0. The highest BCUT2D eigenvalue weighted by Crippen LogP contribution is 2.35. The fraction of sp³-hybridized carbons (Fsp3) is 0. The molecule has 0 aliphatic carbocycles. The summed E-state index contributed by atoms with van der Waals surface area (Å²) >= 11 is 0. The minimum atomic E-state index is -0.433. The number of benzene rings is 3. The second-order valence-electron chi connectivity index (χ2n) is 5.68. The molecule has 0 radical (unpaired) electrons. The van der Waals surface area contributed by atoms with Crippen molar-refractivity contribution in [1.82, 2.24) is 0 Å². The highest BCUT2D eigenvalue weighted by molar-refractivity contribution is 6.09. The second-order valence-corrected chi connectivity index (χ2v) is 5.68. The first-order chi connectivity index (χ1) is 13.0. The van der Waals surface area contributed by atoms with Gasteiger partial charge in [0.1, 0.15) is 22.9 Å². The van der Waals surface area contributed by atoms with Gasteiger partial charge in [-0.25, -0.2) is 0 Å². The zero-order chi connectivity index (χ0) is 19.2. The Kier molecular flexibility index (Phi) is 5.28. The second kappa shape index (κ2) is 7.97. The van der Waals surface area contributed by atoms with E-state index in [0.29, 0.717) is 5.69 Å². The molecule has 27 heavy (non-hydrogen) atoms. The van der Waals surface area contributed by atoms with Gasteiger partial charge < -0.3 is 15.3 Å². The molecule has 0 saturated heterocycles. The van der Waals surface area contributed by atoms with Crippen LogP contribution in [0.4, 0.5) is 11.4 Å². The third kappa shape index (κ3) is 4.58. The van der Waals surface area contributed by atoms with Crippen molar-refractivity contribution in [2.24, 2.45) is 10.2 Å². The zero-order valence-electron chi connectivity index (χ0n) is 14.1. The molecule has 0 aliphatic rings. The maximum Gasteiger partial charge on any atom is 0.189 e. The van der Waals surface area contributed by atoms with Crippen LogP contribution in [0.25, 0.3) is 6.08 Å². The van der Waals surface area contributed by atoms with Gasteiger partial charge in [-0.3, -0.25) is 4.79 Å². The Bertz CT molecular complexity index is 1010. The van der Waals surface area contributed by atoms with E-state index in [2.05, 4.69) is 10.2 Å². The molecule has 0 aliphatic heterocycles. The fourth-order valence-corrected chi connectivity index (χ4v) is 2.30. The summed E-state index contributed by atoms with van der Waals surface area (Å²) in [6, 6.07) is 17.6. The van der Waals surface area contributed by atoms with E-state index in [1.807, 2.05) is 30.3 Å². The number of nitrogens with zero attached hydrogens (tertiary/aromatic N) is 2. The number of ketones is 1. The summed E-state index contributed by atoms with van der Waals surface area (Å²) in [5, 5.41) is 37.1. The first-order valence-electron chi connectivity index (χ1n) is 8.07. The van der Waals surface area contributed by atoms with Crippen molar-refractivity contribution in [3.05, 3.63) is 83.9 Å². The number of phenolic OH excluding ortho intramolecular Hbond substituents is 3. The van der Waals surface area contributed by atoms with Crippen molar-refractivity contribution >= 4 is 23.2 Å². The van der Waals surface area contributed by atoms with Gasteiger partial charge in [-0.1, -0.05) is 36.4 Å². The summed E-state index contributed by atoms with van der Waals surface area (Å²) in [7, 11) is 0. The molecule has 0 aromatic heterocycles. The number of phenols is 3. The lowest BCUT2D eigenvalue weighted by Crippen LogP contribution is -1.94. The molecule has 0 spiro atoms. The van der Waals surface area contributed by atoms with Crippen LogP contribution in [-0.2, 0) is 0 Å². The third-order valence-electron chi connectivity index (χ3n) is 3.71. The molecule has 0 heterocycles. The summed E-state index contributed by atoms with van der Waals surface area (Å²) in [6.07, 6.45) is 2.97. The minimum Gasteiger partial charge on any atom is -0.508 e. The predicted octanol–water partition coefficient (Wildman–Crippen LogP) is 5.11. The Morgan fingerprint density at radius 3 is 2.22 bits per heavy atom. The van der Waals surface area contributed by atoms with Gasteiger partial charge in [0.25, 0.3) is 0 Å². The standard InChI is InChI=1S/C21H16N2O4/c24-16-9-7-15(8-10-16)22-23-18-12-17(20(26)13-21(18)27)19(25)11-6-14-4-2-1-3-5-14/h1-13,24,26-27H/b11-6+,23-22?. The van der Waals surface area contributed by atoms with Crippen molar-refractivity contribution in [3.63, 3.8) is 0 Å². The van der Waals surface area contributed by atoms with Gasteiger partial charge in [0.15, 0.2) is 5.78 Å². The average Bonchev–Trinajstić information content (AvgIpc) is 2.67. The first-order valence-corrected chi connectivity index (χ1v) is 8.07. The number of rotatable bonds is 5. The van der Waals surface area contributed by atoms with Crippen molar-refractivity contribution < 1.29 is 20.1 Å². The number of azo groups is 1. The maximum absolute atomic E-state index is 12.4. The quantitative estimate of drug-likeness (QED) is 0.334. The van der Waals surface area contributed by atoms with Crippen LogP contribution >= 0.6 is 0 Å².